The largest absolute Gasteiger partial charge is 0.487 e. The summed E-state index contributed by atoms with van der Waals surface area (Å²) in [6, 6.07) is 0. The van der Waals surface area contributed by atoms with Crippen LogP contribution in [0, 0.1) is 13.8 Å². The fourth-order valence-corrected chi connectivity index (χ4v) is 2.60. The van der Waals surface area contributed by atoms with E-state index < -0.39 is 0 Å². The van der Waals surface area contributed by atoms with Gasteiger partial charge < -0.3 is 15.4 Å². The van der Waals surface area contributed by atoms with Crippen LogP contribution in [0.1, 0.15) is 30.5 Å². The Balaban J connectivity index is 2.73. The van der Waals surface area contributed by atoms with E-state index >= 15 is 0 Å². The molecule has 1 aliphatic heterocycles. The maximum Gasteiger partial charge on any atom is 0.128 e. The normalized spacial score (nSPS) is 16.6. The van der Waals surface area contributed by atoms with E-state index in [1.54, 1.807) is 0 Å². The van der Waals surface area contributed by atoms with Crippen LogP contribution >= 0.6 is 0 Å². The highest BCUT2D eigenvalue weighted by Crippen LogP contribution is 2.47. The SMILES string of the molecule is Cc1c(C)c2c(c(N(C)C)c1N)CC(C)(C)O2. The lowest BCUT2D eigenvalue weighted by molar-refractivity contribution is 0.137. The number of benzene rings is 1. The second kappa shape index (κ2) is 3.56. The van der Waals surface area contributed by atoms with Crippen LogP contribution in [-0.4, -0.2) is 19.7 Å². The highest BCUT2D eigenvalue weighted by Gasteiger charge is 2.35. The molecule has 3 nitrogen and oxygen atoms in total. The van der Waals surface area contributed by atoms with Gasteiger partial charge in [-0.3, -0.25) is 0 Å². The van der Waals surface area contributed by atoms with E-state index in [2.05, 4.69) is 32.6 Å². The van der Waals surface area contributed by atoms with Gasteiger partial charge >= 0.3 is 0 Å². The van der Waals surface area contributed by atoms with Crippen LogP contribution in [0.4, 0.5) is 11.4 Å². The summed E-state index contributed by atoms with van der Waals surface area (Å²) in [6.07, 6.45) is 0.918. The molecular formula is C14H22N2O. The van der Waals surface area contributed by atoms with E-state index in [0.29, 0.717) is 0 Å². The maximum absolute atomic E-state index is 6.25. The van der Waals surface area contributed by atoms with Gasteiger partial charge in [0.25, 0.3) is 0 Å². The van der Waals surface area contributed by atoms with Gasteiger partial charge in [-0.05, 0) is 38.8 Å². The van der Waals surface area contributed by atoms with E-state index in [1.165, 1.54) is 11.1 Å². The molecule has 94 valence electrons. The molecule has 1 aromatic carbocycles. The van der Waals surface area contributed by atoms with Gasteiger partial charge in [-0.15, -0.1) is 0 Å². The summed E-state index contributed by atoms with van der Waals surface area (Å²) in [5.41, 5.74) is 11.7. The Labute approximate surface area is 104 Å². The van der Waals surface area contributed by atoms with Crippen molar-refractivity contribution in [2.45, 2.75) is 39.7 Å². The lowest BCUT2D eigenvalue weighted by atomic mass is 9.95. The van der Waals surface area contributed by atoms with Crippen molar-refractivity contribution in [3.63, 3.8) is 0 Å². The van der Waals surface area contributed by atoms with Crippen molar-refractivity contribution in [1.82, 2.24) is 0 Å². The number of ether oxygens (including phenoxy) is 1. The molecule has 0 spiro atoms. The molecular weight excluding hydrogens is 212 g/mol. The Kier molecular flexibility index (Phi) is 2.53. The second-order valence-corrected chi connectivity index (χ2v) is 5.75. The first kappa shape index (κ1) is 12.1. The van der Waals surface area contributed by atoms with Gasteiger partial charge in [-0.1, -0.05) is 0 Å². The molecule has 2 rings (SSSR count). The molecule has 17 heavy (non-hydrogen) atoms. The summed E-state index contributed by atoms with van der Waals surface area (Å²) < 4.78 is 6.07. The standard InChI is InChI=1S/C14H22N2O/c1-8-9(2)13-10(7-14(3,4)17-13)12(11(8)15)16(5)6/h7,15H2,1-6H3. The van der Waals surface area contributed by atoms with Gasteiger partial charge in [0.15, 0.2) is 0 Å². The van der Waals surface area contributed by atoms with Crippen LogP contribution in [0.5, 0.6) is 5.75 Å². The average molecular weight is 234 g/mol. The smallest absolute Gasteiger partial charge is 0.128 e. The van der Waals surface area contributed by atoms with Crippen molar-refractivity contribution < 1.29 is 4.74 Å². The van der Waals surface area contributed by atoms with Crippen LogP contribution in [-0.2, 0) is 6.42 Å². The van der Waals surface area contributed by atoms with Crippen LogP contribution in [0.2, 0.25) is 0 Å². The molecule has 0 radical (unpaired) electrons. The first-order chi connectivity index (χ1) is 7.74. The quantitative estimate of drug-likeness (QED) is 0.759. The highest BCUT2D eigenvalue weighted by molar-refractivity contribution is 5.80. The third kappa shape index (κ3) is 1.74. The Hall–Kier alpha value is -1.38. The third-order valence-electron chi connectivity index (χ3n) is 3.55. The zero-order valence-corrected chi connectivity index (χ0v) is 11.6. The van der Waals surface area contributed by atoms with Crippen LogP contribution in [0.15, 0.2) is 0 Å². The van der Waals surface area contributed by atoms with Gasteiger partial charge in [0.1, 0.15) is 11.4 Å². The van der Waals surface area contributed by atoms with E-state index in [-0.39, 0.29) is 5.60 Å². The molecule has 1 heterocycles. The van der Waals surface area contributed by atoms with Crippen molar-refractivity contribution in [3.8, 4) is 5.75 Å². The van der Waals surface area contributed by atoms with E-state index in [4.69, 9.17) is 10.5 Å². The molecule has 2 N–H and O–H groups in total. The number of hydrogen-bond donors (Lipinski definition) is 1. The topological polar surface area (TPSA) is 38.5 Å². The van der Waals surface area contributed by atoms with Gasteiger partial charge in [0.2, 0.25) is 0 Å². The first-order valence-electron chi connectivity index (χ1n) is 6.02. The Morgan fingerprint density at radius 3 is 2.29 bits per heavy atom. The van der Waals surface area contributed by atoms with Crippen molar-refractivity contribution >= 4 is 11.4 Å². The second-order valence-electron chi connectivity index (χ2n) is 5.75. The molecule has 1 aliphatic rings. The number of nitrogens with zero attached hydrogens (tertiary/aromatic N) is 1. The molecule has 1 aromatic rings. The summed E-state index contributed by atoms with van der Waals surface area (Å²) in [7, 11) is 4.07. The minimum atomic E-state index is -0.127. The minimum Gasteiger partial charge on any atom is -0.487 e. The van der Waals surface area contributed by atoms with Crippen LogP contribution < -0.4 is 15.4 Å². The first-order valence-corrected chi connectivity index (χ1v) is 6.02. The van der Waals surface area contributed by atoms with Gasteiger partial charge in [0, 0.05) is 26.1 Å². The minimum absolute atomic E-state index is 0.127. The molecule has 0 saturated heterocycles. The number of nitrogen functional groups attached to an aromatic ring is 1. The Morgan fingerprint density at radius 2 is 1.76 bits per heavy atom. The monoisotopic (exact) mass is 234 g/mol. The zero-order chi connectivity index (χ0) is 13.0. The average Bonchev–Trinajstić information content (AvgIpc) is 2.50. The molecule has 0 amide bonds. The van der Waals surface area contributed by atoms with Crippen molar-refractivity contribution in [2.24, 2.45) is 0 Å². The molecule has 0 bridgehead atoms. The maximum atomic E-state index is 6.25. The predicted molar refractivity (Wildman–Crippen MR) is 73.1 cm³/mol. The fourth-order valence-electron chi connectivity index (χ4n) is 2.60. The predicted octanol–water partition coefficient (Wildman–Crippen LogP) is 2.67. The van der Waals surface area contributed by atoms with Gasteiger partial charge in [-0.25, -0.2) is 0 Å². The molecule has 0 aromatic heterocycles. The van der Waals surface area contributed by atoms with Crippen molar-refractivity contribution in [1.29, 1.82) is 0 Å². The summed E-state index contributed by atoms with van der Waals surface area (Å²) in [5, 5.41) is 0. The van der Waals surface area contributed by atoms with Crippen LogP contribution in [0.25, 0.3) is 0 Å². The number of anilines is 2. The molecule has 0 aliphatic carbocycles. The fraction of sp³-hybridized carbons (Fsp3) is 0.571. The zero-order valence-electron chi connectivity index (χ0n) is 11.6. The van der Waals surface area contributed by atoms with Gasteiger partial charge in [-0.2, -0.15) is 0 Å². The molecule has 0 saturated carbocycles. The molecule has 0 atom stereocenters. The number of hydrogen-bond acceptors (Lipinski definition) is 3. The third-order valence-corrected chi connectivity index (χ3v) is 3.55. The summed E-state index contributed by atoms with van der Waals surface area (Å²) in [5.74, 6) is 1.03. The number of fused-ring (bicyclic) bond motifs is 1. The van der Waals surface area contributed by atoms with Crippen molar-refractivity contribution in [3.05, 3.63) is 16.7 Å². The highest BCUT2D eigenvalue weighted by atomic mass is 16.5. The molecule has 0 fully saturated rings. The summed E-state index contributed by atoms with van der Waals surface area (Å²) in [6.45, 7) is 8.40. The Morgan fingerprint density at radius 1 is 1.18 bits per heavy atom. The van der Waals surface area contributed by atoms with Crippen molar-refractivity contribution in [2.75, 3.05) is 24.7 Å². The molecule has 0 unspecified atom stereocenters. The van der Waals surface area contributed by atoms with E-state index in [0.717, 1.165) is 29.1 Å². The van der Waals surface area contributed by atoms with E-state index in [9.17, 15) is 0 Å². The number of rotatable bonds is 1. The lowest BCUT2D eigenvalue weighted by Crippen LogP contribution is -2.25. The summed E-state index contributed by atoms with van der Waals surface area (Å²) in [4.78, 5) is 2.09. The van der Waals surface area contributed by atoms with Gasteiger partial charge in [0.05, 0.1) is 11.4 Å². The molecule has 3 heteroatoms. The summed E-state index contributed by atoms with van der Waals surface area (Å²) >= 11 is 0. The lowest BCUT2D eigenvalue weighted by Gasteiger charge is -2.22. The number of nitrogens with two attached hydrogens (primary N) is 1. The van der Waals surface area contributed by atoms with E-state index in [1.807, 2.05) is 14.1 Å². The van der Waals surface area contributed by atoms with Crippen LogP contribution in [0.3, 0.4) is 0 Å². The Bertz CT molecular complexity index is 476.